The molecule has 0 spiro atoms. The molecule has 0 saturated carbocycles. The molecule has 17 heavy (non-hydrogen) atoms. The number of ether oxygens (including phenoxy) is 1. The third-order valence-electron chi connectivity index (χ3n) is 3.29. The Kier molecular flexibility index (Phi) is 4.50. The van der Waals surface area contributed by atoms with Gasteiger partial charge in [0, 0.05) is 19.2 Å². The Balaban J connectivity index is 1.86. The standard InChI is InChI=1S/C12H22N4O/c1-3-5-16-12(14-9-15-16)7-13-11-4-6-17-8-10(11)2/h9-11,13H,3-8H2,1-2H3. The number of nitrogens with one attached hydrogen (secondary N) is 1. The molecule has 96 valence electrons. The summed E-state index contributed by atoms with van der Waals surface area (Å²) in [5.74, 6) is 1.61. The fourth-order valence-corrected chi connectivity index (χ4v) is 2.23. The van der Waals surface area contributed by atoms with E-state index in [4.69, 9.17) is 4.74 Å². The Morgan fingerprint density at radius 2 is 2.47 bits per heavy atom. The van der Waals surface area contributed by atoms with Gasteiger partial charge in [0.05, 0.1) is 13.2 Å². The molecule has 1 aromatic rings. The molecule has 0 aromatic carbocycles. The Labute approximate surface area is 103 Å². The minimum absolute atomic E-state index is 0.538. The normalized spacial score (nSPS) is 25.1. The summed E-state index contributed by atoms with van der Waals surface area (Å²) in [5, 5.41) is 7.80. The second-order valence-corrected chi connectivity index (χ2v) is 4.73. The van der Waals surface area contributed by atoms with Gasteiger partial charge in [-0.15, -0.1) is 0 Å². The highest BCUT2D eigenvalue weighted by Crippen LogP contribution is 2.14. The highest BCUT2D eigenvalue weighted by atomic mass is 16.5. The number of hydrogen-bond donors (Lipinski definition) is 1. The maximum atomic E-state index is 5.44. The molecular formula is C12H22N4O. The lowest BCUT2D eigenvalue weighted by Crippen LogP contribution is -2.41. The van der Waals surface area contributed by atoms with Crippen molar-refractivity contribution in [2.75, 3.05) is 13.2 Å². The number of rotatable bonds is 5. The summed E-state index contributed by atoms with van der Waals surface area (Å²) in [6.45, 7) is 7.85. The second-order valence-electron chi connectivity index (χ2n) is 4.73. The fourth-order valence-electron chi connectivity index (χ4n) is 2.23. The van der Waals surface area contributed by atoms with Crippen LogP contribution in [0.15, 0.2) is 6.33 Å². The van der Waals surface area contributed by atoms with Crippen LogP contribution in [0, 0.1) is 5.92 Å². The predicted octanol–water partition coefficient (Wildman–Crippen LogP) is 1.20. The van der Waals surface area contributed by atoms with Crippen molar-refractivity contribution in [3.05, 3.63) is 12.2 Å². The molecule has 0 bridgehead atoms. The van der Waals surface area contributed by atoms with E-state index >= 15 is 0 Å². The van der Waals surface area contributed by atoms with E-state index in [9.17, 15) is 0 Å². The minimum Gasteiger partial charge on any atom is -0.381 e. The lowest BCUT2D eigenvalue weighted by molar-refractivity contribution is 0.0383. The topological polar surface area (TPSA) is 52.0 Å². The highest BCUT2D eigenvalue weighted by Gasteiger charge is 2.21. The van der Waals surface area contributed by atoms with E-state index in [0.29, 0.717) is 12.0 Å². The van der Waals surface area contributed by atoms with E-state index in [1.807, 2.05) is 4.68 Å². The summed E-state index contributed by atoms with van der Waals surface area (Å²) in [7, 11) is 0. The second kappa shape index (κ2) is 6.12. The maximum Gasteiger partial charge on any atom is 0.140 e. The molecule has 2 atom stereocenters. The summed E-state index contributed by atoms with van der Waals surface area (Å²) in [5.41, 5.74) is 0. The van der Waals surface area contributed by atoms with Gasteiger partial charge < -0.3 is 10.1 Å². The fraction of sp³-hybridized carbons (Fsp3) is 0.833. The minimum atomic E-state index is 0.538. The van der Waals surface area contributed by atoms with E-state index in [-0.39, 0.29) is 0 Å². The summed E-state index contributed by atoms with van der Waals surface area (Å²) in [6, 6.07) is 0.538. The molecule has 2 rings (SSSR count). The van der Waals surface area contributed by atoms with Crippen LogP contribution in [0.25, 0.3) is 0 Å². The zero-order valence-corrected chi connectivity index (χ0v) is 10.7. The van der Waals surface area contributed by atoms with Crippen LogP contribution in [-0.2, 0) is 17.8 Å². The van der Waals surface area contributed by atoms with Gasteiger partial charge in [-0.2, -0.15) is 5.10 Å². The third kappa shape index (κ3) is 3.26. The first-order chi connectivity index (χ1) is 8.31. The van der Waals surface area contributed by atoms with Gasteiger partial charge in [0.1, 0.15) is 12.2 Å². The molecule has 2 heterocycles. The molecule has 1 N–H and O–H groups in total. The lowest BCUT2D eigenvalue weighted by atomic mass is 9.98. The Hall–Kier alpha value is -0.940. The van der Waals surface area contributed by atoms with Crippen molar-refractivity contribution < 1.29 is 4.74 Å². The molecule has 5 nitrogen and oxygen atoms in total. The van der Waals surface area contributed by atoms with E-state index in [2.05, 4.69) is 29.2 Å². The van der Waals surface area contributed by atoms with Crippen molar-refractivity contribution in [2.24, 2.45) is 5.92 Å². The first-order valence-electron chi connectivity index (χ1n) is 6.49. The molecule has 0 radical (unpaired) electrons. The van der Waals surface area contributed by atoms with E-state index < -0.39 is 0 Å². The van der Waals surface area contributed by atoms with Crippen LogP contribution in [0.5, 0.6) is 0 Å². The van der Waals surface area contributed by atoms with Gasteiger partial charge in [-0.25, -0.2) is 9.67 Å². The molecule has 0 amide bonds. The van der Waals surface area contributed by atoms with E-state index in [0.717, 1.165) is 45.0 Å². The lowest BCUT2D eigenvalue weighted by Gasteiger charge is -2.29. The summed E-state index contributed by atoms with van der Waals surface area (Å²) >= 11 is 0. The quantitative estimate of drug-likeness (QED) is 0.837. The van der Waals surface area contributed by atoms with Gasteiger partial charge in [-0.3, -0.25) is 0 Å². The van der Waals surface area contributed by atoms with Crippen LogP contribution in [-0.4, -0.2) is 34.0 Å². The zero-order chi connectivity index (χ0) is 12.1. The van der Waals surface area contributed by atoms with Gasteiger partial charge in [-0.05, 0) is 18.8 Å². The number of hydrogen-bond acceptors (Lipinski definition) is 4. The number of nitrogens with zero attached hydrogens (tertiary/aromatic N) is 3. The molecule has 1 saturated heterocycles. The first kappa shape index (κ1) is 12.5. The van der Waals surface area contributed by atoms with Gasteiger partial charge in [0.2, 0.25) is 0 Å². The maximum absolute atomic E-state index is 5.44. The van der Waals surface area contributed by atoms with Crippen LogP contribution >= 0.6 is 0 Å². The van der Waals surface area contributed by atoms with Crippen LogP contribution in [0.3, 0.4) is 0 Å². The Morgan fingerprint density at radius 3 is 3.24 bits per heavy atom. The number of aryl methyl sites for hydroxylation is 1. The molecule has 1 fully saturated rings. The van der Waals surface area contributed by atoms with Crippen molar-refractivity contribution in [3.63, 3.8) is 0 Å². The van der Waals surface area contributed by atoms with Gasteiger partial charge >= 0.3 is 0 Å². The van der Waals surface area contributed by atoms with Gasteiger partial charge in [0.15, 0.2) is 0 Å². The molecule has 2 unspecified atom stereocenters. The Morgan fingerprint density at radius 1 is 1.59 bits per heavy atom. The van der Waals surface area contributed by atoms with Crippen molar-refractivity contribution >= 4 is 0 Å². The summed E-state index contributed by atoms with van der Waals surface area (Å²) < 4.78 is 7.42. The Bertz CT molecular complexity index is 339. The summed E-state index contributed by atoms with van der Waals surface area (Å²) in [4.78, 5) is 4.30. The molecule has 1 aliphatic heterocycles. The van der Waals surface area contributed by atoms with Crippen LogP contribution in [0.4, 0.5) is 0 Å². The summed E-state index contributed by atoms with van der Waals surface area (Å²) in [6.07, 6.45) is 3.81. The number of aromatic nitrogens is 3. The first-order valence-corrected chi connectivity index (χ1v) is 6.49. The average molecular weight is 238 g/mol. The smallest absolute Gasteiger partial charge is 0.140 e. The van der Waals surface area contributed by atoms with Gasteiger partial charge in [0.25, 0.3) is 0 Å². The zero-order valence-electron chi connectivity index (χ0n) is 10.7. The third-order valence-corrected chi connectivity index (χ3v) is 3.29. The van der Waals surface area contributed by atoms with Crippen molar-refractivity contribution in [3.8, 4) is 0 Å². The molecule has 5 heteroatoms. The van der Waals surface area contributed by atoms with Crippen LogP contribution < -0.4 is 5.32 Å². The van der Waals surface area contributed by atoms with E-state index in [1.54, 1.807) is 6.33 Å². The van der Waals surface area contributed by atoms with Crippen molar-refractivity contribution in [1.82, 2.24) is 20.1 Å². The molecule has 0 aliphatic carbocycles. The molecular weight excluding hydrogens is 216 g/mol. The van der Waals surface area contributed by atoms with Crippen molar-refractivity contribution in [2.45, 2.75) is 45.8 Å². The largest absolute Gasteiger partial charge is 0.381 e. The van der Waals surface area contributed by atoms with Crippen molar-refractivity contribution in [1.29, 1.82) is 0 Å². The molecule has 1 aromatic heterocycles. The SMILES string of the molecule is CCCn1ncnc1CNC1CCOCC1C. The van der Waals surface area contributed by atoms with Crippen LogP contribution in [0.2, 0.25) is 0 Å². The average Bonchev–Trinajstić information content (AvgIpc) is 2.76. The molecule has 1 aliphatic rings. The van der Waals surface area contributed by atoms with Gasteiger partial charge in [-0.1, -0.05) is 13.8 Å². The van der Waals surface area contributed by atoms with E-state index in [1.165, 1.54) is 0 Å². The predicted molar refractivity (Wildman–Crippen MR) is 65.5 cm³/mol. The van der Waals surface area contributed by atoms with Crippen LogP contribution in [0.1, 0.15) is 32.5 Å². The monoisotopic (exact) mass is 238 g/mol. The highest BCUT2D eigenvalue weighted by molar-refractivity contribution is 4.86.